The van der Waals surface area contributed by atoms with Gasteiger partial charge in [0.1, 0.15) is 5.52 Å². The minimum Gasteiger partial charge on any atom is -0.373 e. The Kier molecular flexibility index (Phi) is 3.48. The van der Waals surface area contributed by atoms with Gasteiger partial charge in [-0.15, -0.1) is 21.8 Å². The lowest BCUT2D eigenvalue weighted by Gasteiger charge is -2.37. The van der Waals surface area contributed by atoms with E-state index in [9.17, 15) is 0 Å². The SMILES string of the molecule is CC1COC(CCl)CN1c1nnc2ccccc2n1. The van der Waals surface area contributed by atoms with Crippen molar-refractivity contribution in [2.45, 2.75) is 19.1 Å². The number of anilines is 1. The smallest absolute Gasteiger partial charge is 0.246 e. The summed E-state index contributed by atoms with van der Waals surface area (Å²) >= 11 is 5.87. The van der Waals surface area contributed by atoms with Crippen LogP contribution in [0.5, 0.6) is 0 Å². The Hall–Kier alpha value is -1.46. The zero-order valence-electron chi connectivity index (χ0n) is 10.7. The van der Waals surface area contributed by atoms with Crippen LogP contribution in [0.4, 0.5) is 5.95 Å². The van der Waals surface area contributed by atoms with Crippen LogP contribution in [0.25, 0.3) is 11.0 Å². The second-order valence-electron chi connectivity index (χ2n) is 4.71. The van der Waals surface area contributed by atoms with E-state index >= 15 is 0 Å². The van der Waals surface area contributed by atoms with E-state index in [1.54, 1.807) is 0 Å². The number of alkyl halides is 1. The number of hydrogen-bond donors (Lipinski definition) is 0. The Morgan fingerprint density at radius 1 is 1.32 bits per heavy atom. The summed E-state index contributed by atoms with van der Waals surface area (Å²) in [4.78, 5) is 6.68. The molecule has 0 bridgehead atoms. The topological polar surface area (TPSA) is 51.1 Å². The molecule has 5 nitrogen and oxygen atoms in total. The van der Waals surface area contributed by atoms with Crippen molar-refractivity contribution in [3.05, 3.63) is 24.3 Å². The van der Waals surface area contributed by atoms with Crippen LogP contribution in [0, 0.1) is 0 Å². The van der Waals surface area contributed by atoms with Gasteiger partial charge >= 0.3 is 0 Å². The molecule has 2 unspecified atom stereocenters. The van der Waals surface area contributed by atoms with E-state index in [1.807, 2.05) is 24.3 Å². The molecule has 0 N–H and O–H groups in total. The van der Waals surface area contributed by atoms with E-state index in [4.69, 9.17) is 16.3 Å². The summed E-state index contributed by atoms with van der Waals surface area (Å²) in [7, 11) is 0. The molecule has 0 aliphatic carbocycles. The molecule has 3 rings (SSSR count). The summed E-state index contributed by atoms with van der Waals surface area (Å²) in [6.07, 6.45) is 0.0212. The summed E-state index contributed by atoms with van der Waals surface area (Å²) in [5.41, 5.74) is 1.66. The zero-order valence-corrected chi connectivity index (χ0v) is 11.4. The second-order valence-corrected chi connectivity index (χ2v) is 5.02. The number of benzene rings is 1. The van der Waals surface area contributed by atoms with E-state index in [-0.39, 0.29) is 12.1 Å². The number of ether oxygens (including phenoxy) is 1. The van der Waals surface area contributed by atoms with Gasteiger partial charge in [0.25, 0.3) is 0 Å². The molecule has 2 heterocycles. The minimum absolute atomic E-state index is 0.0212. The van der Waals surface area contributed by atoms with Crippen molar-refractivity contribution in [2.75, 3.05) is 23.9 Å². The highest BCUT2D eigenvalue weighted by Gasteiger charge is 2.27. The van der Waals surface area contributed by atoms with Crippen molar-refractivity contribution >= 4 is 28.6 Å². The fraction of sp³-hybridized carbons (Fsp3) is 0.462. The third kappa shape index (κ3) is 2.48. The van der Waals surface area contributed by atoms with Crippen molar-refractivity contribution in [1.29, 1.82) is 0 Å². The molecule has 1 aromatic carbocycles. The maximum Gasteiger partial charge on any atom is 0.246 e. The predicted octanol–water partition coefficient (Wildman–Crippen LogP) is 1.86. The molecule has 2 atom stereocenters. The molecule has 6 heteroatoms. The summed E-state index contributed by atoms with van der Waals surface area (Å²) in [5.74, 6) is 1.12. The van der Waals surface area contributed by atoms with E-state index in [2.05, 4.69) is 27.0 Å². The Bertz CT molecular complexity index is 579. The van der Waals surface area contributed by atoms with Crippen LogP contribution in [0.1, 0.15) is 6.92 Å². The minimum atomic E-state index is 0.0212. The van der Waals surface area contributed by atoms with Crippen molar-refractivity contribution in [3.8, 4) is 0 Å². The molecule has 100 valence electrons. The summed E-state index contributed by atoms with van der Waals surface area (Å²) < 4.78 is 5.63. The molecule has 2 aromatic rings. The van der Waals surface area contributed by atoms with Crippen molar-refractivity contribution in [1.82, 2.24) is 15.2 Å². The number of hydrogen-bond acceptors (Lipinski definition) is 5. The zero-order chi connectivity index (χ0) is 13.2. The number of morpholine rings is 1. The first-order valence-corrected chi connectivity index (χ1v) is 6.85. The van der Waals surface area contributed by atoms with Gasteiger partial charge < -0.3 is 9.64 Å². The Labute approximate surface area is 116 Å². The highest BCUT2D eigenvalue weighted by Crippen LogP contribution is 2.19. The normalized spacial score (nSPS) is 23.8. The maximum absolute atomic E-state index is 5.87. The van der Waals surface area contributed by atoms with E-state index in [0.717, 1.165) is 11.0 Å². The number of rotatable bonds is 2. The van der Waals surface area contributed by atoms with Crippen LogP contribution in [0.2, 0.25) is 0 Å². The van der Waals surface area contributed by atoms with Gasteiger partial charge in [0, 0.05) is 6.54 Å². The molecular weight excluding hydrogens is 264 g/mol. The van der Waals surface area contributed by atoms with Crippen LogP contribution >= 0.6 is 11.6 Å². The average molecular weight is 279 g/mol. The first-order valence-electron chi connectivity index (χ1n) is 6.31. The van der Waals surface area contributed by atoms with Gasteiger partial charge in [-0.25, -0.2) is 4.98 Å². The lowest BCUT2D eigenvalue weighted by Crippen LogP contribution is -2.49. The monoisotopic (exact) mass is 278 g/mol. The molecule has 19 heavy (non-hydrogen) atoms. The van der Waals surface area contributed by atoms with Crippen LogP contribution in [0.15, 0.2) is 24.3 Å². The van der Waals surface area contributed by atoms with Crippen LogP contribution in [0.3, 0.4) is 0 Å². The molecule has 1 aliphatic rings. The van der Waals surface area contributed by atoms with Gasteiger partial charge in [-0.1, -0.05) is 12.1 Å². The largest absolute Gasteiger partial charge is 0.373 e. The van der Waals surface area contributed by atoms with Gasteiger partial charge in [-0.2, -0.15) is 0 Å². The maximum atomic E-state index is 5.87. The number of para-hydroxylation sites is 1. The van der Waals surface area contributed by atoms with Gasteiger partial charge in [0.2, 0.25) is 5.95 Å². The number of nitrogens with zero attached hydrogens (tertiary/aromatic N) is 4. The van der Waals surface area contributed by atoms with Gasteiger partial charge in [-0.05, 0) is 19.1 Å². The highest BCUT2D eigenvalue weighted by atomic mass is 35.5. The molecule has 1 saturated heterocycles. The van der Waals surface area contributed by atoms with Gasteiger partial charge in [0.15, 0.2) is 0 Å². The van der Waals surface area contributed by atoms with E-state index in [1.165, 1.54) is 0 Å². The van der Waals surface area contributed by atoms with Crippen LogP contribution in [-0.2, 0) is 4.74 Å². The Morgan fingerprint density at radius 3 is 2.89 bits per heavy atom. The predicted molar refractivity (Wildman–Crippen MR) is 74.6 cm³/mol. The molecule has 1 aliphatic heterocycles. The quantitative estimate of drug-likeness (QED) is 0.785. The first kappa shape index (κ1) is 12.6. The third-order valence-electron chi connectivity index (χ3n) is 3.28. The lowest BCUT2D eigenvalue weighted by molar-refractivity contribution is 0.0357. The molecule has 0 spiro atoms. The number of fused-ring (bicyclic) bond motifs is 1. The highest BCUT2D eigenvalue weighted by molar-refractivity contribution is 6.18. The summed E-state index contributed by atoms with van der Waals surface area (Å²) in [5, 5.41) is 8.43. The average Bonchev–Trinajstić information content (AvgIpc) is 2.47. The van der Waals surface area contributed by atoms with Gasteiger partial charge in [0.05, 0.1) is 30.1 Å². The van der Waals surface area contributed by atoms with E-state index in [0.29, 0.717) is 25.0 Å². The fourth-order valence-electron chi connectivity index (χ4n) is 2.18. The van der Waals surface area contributed by atoms with Gasteiger partial charge in [-0.3, -0.25) is 0 Å². The molecule has 1 aromatic heterocycles. The molecule has 0 radical (unpaired) electrons. The molecule has 1 fully saturated rings. The molecular formula is C13H15ClN4O. The third-order valence-corrected chi connectivity index (χ3v) is 3.63. The van der Waals surface area contributed by atoms with E-state index < -0.39 is 0 Å². The number of aromatic nitrogens is 3. The van der Waals surface area contributed by atoms with Crippen LogP contribution in [-0.4, -0.2) is 46.4 Å². The van der Waals surface area contributed by atoms with Crippen molar-refractivity contribution < 1.29 is 4.74 Å². The summed E-state index contributed by atoms with van der Waals surface area (Å²) in [6, 6.07) is 7.95. The fourth-order valence-corrected chi connectivity index (χ4v) is 2.37. The number of halogens is 1. The van der Waals surface area contributed by atoms with Crippen molar-refractivity contribution in [3.63, 3.8) is 0 Å². The standard InChI is InChI=1S/C13H15ClN4O/c1-9-8-19-10(6-14)7-18(9)13-15-11-4-2-3-5-12(11)16-17-13/h2-5,9-10H,6-8H2,1H3. The Balaban J connectivity index is 1.93. The molecule has 0 amide bonds. The van der Waals surface area contributed by atoms with Crippen molar-refractivity contribution in [2.24, 2.45) is 0 Å². The first-order chi connectivity index (χ1) is 9.28. The Morgan fingerprint density at radius 2 is 2.11 bits per heavy atom. The summed E-state index contributed by atoms with van der Waals surface area (Å²) in [6.45, 7) is 3.42. The lowest BCUT2D eigenvalue weighted by atomic mass is 10.2. The second kappa shape index (κ2) is 5.27. The van der Waals surface area contributed by atoms with Crippen LogP contribution < -0.4 is 4.90 Å². The molecule has 0 saturated carbocycles.